The van der Waals surface area contributed by atoms with Crippen molar-refractivity contribution >= 4 is 5.82 Å². The predicted octanol–water partition coefficient (Wildman–Crippen LogP) is 3.22. The molecule has 0 unspecified atom stereocenters. The van der Waals surface area contributed by atoms with Crippen LogP contribution >= 0.6 is 0 Å². The normalized spacial score (nSPS) is 15.3. The van der Waals surface area contributed by atoms with Crippen LogP contribution in [-0.2, 0) is 0 Å². The minimum absolute atomic E-state index is 0.197. The number of nitrogens with zero attached hydrogens (tertiary/aromatic N) is 5. The highest BCUT2D eigenvalue weighted by atomic mass is 16.3. The average Bonchev–Trinajstić information content (AvgIpc) is 3.00. The Labute approximate surface area is 159 Å². The second-order valence-electron chi connectivity index (χ2n) is 7.34. The van der Waals surface area contributed by atoms with Crippen molar-refractivity contribution in [3.63, 3.8) is 0 Å². The number of aliphatic hydroxyl groups is 1. The van der Waals surface area contributed by atoms with Gasteiger partial charge in [-0.15, -0.1) is 0 Å². The largest absolute Gasteiger partial charge is 0.393 e. The number of aromatic nitrogens is 4. The Morgan fingerprint density at radius 1 is 1.00 bits per heavy atom. The third-order valence-corrected chi connectivity index (χ3v) is 5.11. The summed E-state index contributed by atoms with van der Waals surface area (Å²) in [6, 6.07) is 10.5. The van der Waals surface area contributed by atoms with Gasteiger partial charge in [-0.3, -0.25) is 0 Å². The fraction of sp³-hybridized carbons (Fsp3) is 0.381. The van der Waals surface area contributed by atoms with Crippen molar-refractivity contribution in [3.8, 4) is 16.9 Å². The molecule has 6 heteroatoms. The van der Waals surface area contributed by atoms with E-state index in [0.29, 0.717) is 0 Å². The van der Waals surface area contributed by atoms with Gasteiger partial charge in [-0.2, -0.15) is 5.10 Å². The van der Waals surface area contributed by atoms with E-state index in [-0.39, 0.29) is 6.10 Å². The van der Waals surface area contributed by atoms with Gasteiger partial charge in [-0.05, 0) is 51.3 Å². The fourth-order valence-corrected chi connectivity index (χ4v) is 3.67. The third kappa shape index (κ3) is 3.57. The van der Waals surface area contributed by atoms with E-state index in [0.717, 1.165) is 60.1 Å². The van der Waals surface area contributed by atoms with Crippen LogP contribution in [0.4, 0.5) is 5.82 Å². The maximum Gasteiger partial charge on any atom is 0.132 e. The van der Waals surface area contributed by atoms with Crippen molar-refractivity contribution in [2.24, 2.45) is 0 Å². The van der Waals surface area contributed by atoms with E-state index < -0.39 is 0 Å². The van der Waals surface area contributed by atoms with E-state index in [4.69, 9.17) is 0 Å². The van der Waals surface area contributed by atoms with Crippen LogP contribution in [-0.4, -0.2) is 44.0 Å². The molecule has 0 bridgehead atoms. The van der Waals surface area contributed by atoms with Crippen LogP contribution in [0.2, 0.25) is 0 Å². The number of anilines is 1. The van der Waals surface area contributed by atoms with E-state index in [2.05, 4.69) is 58.1 Å². The topological polar surface area (TPSA) is 67.1 Å². The van der Waals surface area contributed by atoms with Crippen molar-refractivity contribution in [1.29, 1.82) is 0 Å². The molecular formula is C21H25N5O. The molecule has 3 aromatic rings. The summed E-state index contributed by atoms with van der Waals surface area (Å²) in [7, 11) is 0. The summed E-state index contributed by atoms with van der Waals surface area (Å²) in [4.78, 5) is 11.2. The summed E-state index contributed by atoms with van der Waals surface area (Å²) in [5.41, 5.74) is 6.22. The molecule has 0 aliphatic carbocycles. The van der Waals surface area contributed by atoms with E-state index in [1.165, 1.54) is 5.56 Å². The van der Waals surface area contributed by atoms with Crippen LogP contribution in [0, 0.1) is 20.8 Å². The number of benzene rings is 1. The lowest BCUT2D eigenvalue weighted by molar-refractivity contribution is 0.145. The van der Waals surface area contributed by atoms with Crippen molar-refractivity contribution in [1.82, 2.24) is 19.7 Å². The maximum absolute atomic E-state index is 9.75. The van der Waals surface area contributed by atoms with Gasteiger partial charge in [0.1, 0.15) is 12.1 Å². The monoisotopic (exact) mass is 363 g/mol. The fourth-order valence-electron chi connectivity index (χ4n) is 3.67. The molecule has 27 heavy (non-hydrogen) atoms. The predicted molar refractivity (Wildman–Crippen MR) is 106 cm³/mol. The Morgan fingerprint density at radius 3 is 2.48 bits per heavy atom. The van der Waals surface area contributed by atoms with E-state index in [9.17, 15) is 5.11 Å². The molecule has 1 aliphatic heterocycles. The van der Waals surface area contributed by atoms with Crippen LogP contribution in [0.25, 0.3) is 16.9 Å². The van der Waals surface area contributed by atoms with Gasteiger partial charge in [0.2, 0.25) is 0 Å². The molecule has 1 aliphatic rings. The molecule has 3 heterocycles. The van der Waals surface area contributed by atoms with Gasteiger partial charge in [0, 0.05) is 30.4 Å². The number of aryl methyl sites for hydroxylation is 3. The Kier molecular flexibility index (Phi) is 4.66. The lowest BCUT2D eigenvalue weighted by atomic mass is 10.1. The first-order valence-corrected chi connectivity index (χ1v) is 9.41. The average molecular weight is 363 g/mol. The van der Waals surface area contributed by atoms with Gasteiger partial charge >= 0.3 is 0 Å². The Bertz CT molecular complexity index is 957. The minimum Gasteiger partial charge on any atom is -0.393 e. The lowest BCUT2D eigenvalue weighted by Gasteiger charge is -2.30. The molecule has 2 aromatic heterocycles. The summed E-state index contributed by atoms with van der Waals surface area (Å²) in [6.07, 6.45) is 2.99. The van der Waals surface area contributed by atoms with Crippen LogP contribution in [0.1, 0.15) is 29.8 Å². The van der Waals surface area contributed by atoms with Crippen LogP contribution in [0.15, 0.2) is 36.7 Å². The SMILES string of the molecule is Cc1ccc(-c2cc(N3CCC(O)CC3)ncn2)c(-n2nc(C)cc2C)c1. The maximum atomic E-state index is 9.75. The molecule has 0 saturated carbocycles. The number of hydrogen-bond donors (Lipinski definition) is 1. The molecule has 1 fully saturated rings. The Balaban J connectivity index is 1.76. The standard InChI is InChI=1S/C21H25N5O/c1-14-4-5-18(20(10-14)26-16(3)11-15(2)24-26)19-12-21(23-13-22-19)25-8-6-17(27)7-9-25/h4-5,10-13,17,27H,6-9H2,1-3H3. The number of piperidine rings is 1. The first-order valence-electron chi connectivity index (χ1n) is 9.41. The molecule has 1 N–H and O–H groups in total. The highest BCUT2D eigenvalue weighted by molar-refractivity contribution is 5.72. The number of aliphatic hydroxyl groups excluding tert-OH is 1. The van der Waals surface area contributed by atoms with E-state index in [1.807, 2.05) is 17.7 Å². The zero-order chi connectivity index (χ0) is 19.0. The van der Waals surface area contributed by atoms with Crippen molar-refractivity contribution in [2.75, 3.05) is 18.0 Å². The van der Waals surface area contributed by atoms with Crippen LogP contribution in [0.3, 0.4) is 0 Å². The quantitative estimate of drug-likeness (QED) is 0.774. The summed E-state index contributed by atoms with van der Waals surface area (Å²) in [5.74, 6) is 0.909. The highest BCUT2D eigenvalue weighted by Crippen LogP contribution is 2.29. The molecule has 0 amide bonds. The third-order valence-electron chi connectivity index (χ3n) is 5.11. The highest BCUT2D eigenvalue weighted by Gasteiger charge is 2.19. The summed E-state index contributed by atoms with van der Waals surface area (Å²) < 4.78 is 1.98. The minimum atomic E-state index is -0.197. The molecule has 0 radical (unpaired) electrons. The molecule has 0 atom stereocenters. The Morgan fingerprint density at radius 2 is 1.78 bits per heavy atom. The first-order chi connectivity index (χ1) is 13.0. The number of rotatable bonds is 3. The smallest absolute Gasteiger partial charge is 0.132 e. The van der Waals surface area contributed by atoms with Crippen LogP contribution in [0.5, 0.6) is 0 Å². The van der Waals surface area contributed by atoms with Gasteiger partial charge in [0.25, 0.3) is 0 Å². The zero-order valence-corrected chi connectivity index (χ0v) is 16.1. The van der Waals surface area contributed by atoms with Gasteiger partial charge in [-0.1, -0.05) is 12.1 Å². The zero-order valence-electron chi connectivity index (χ0n) is 16.1. The number of hydrogen-bond acceptors (Lipinski definition) is 5. The lowest BCUT2D eigenvalue weighted by Crippen LogP contribution is -2.36. The van der Waals surface area contributed by atoms with Crippen LogP contribution < -0.4 is 4.90 Å². The molecule has 0 spiro atoms. The van der Waals surface area contributed by atoms with Crippen molar-refractivity contribution in [2.45, 2.75) is 39.7 Å². The summed E-state index contributed by atoms with van der Waals surface area (Å²) in [6.45, 7) is 7.79. The van der Waals surface area contributed by atoms with E-state index >= 15 is 0 Å². The van der Waals surface area contributed by atoms with Gasteiger partial charge in [0.15, 0.2) is 0 Å². The molecular weight excluding hydrogens is 338 g/mol. The van der Waals surface area contributed by atoms with Crippen molar-refractivity contribution < 1.29 is 5.11 Å². The molecule has 1 aromatic carbocycles. The van der Waals surface area contributed by atoms with Gasteiger partial charge in [0.05, 0.1) is 23.2 Å². The second kappa shape index (κ2) is 7.12. The first kappa shape index (κ1) is 17.7. The summed E-state index contributed by atoms with van der Waals surface area (Å²) >= 11 is 0. The Hall–Kier alpha value is -2.73. The van der Waals surface area contributed by atoms with E-state index in [1.54, 1.807) is 6.33 Å². The second-order valence-corrected chi connectivity index (χ2v) is 7.34. The van der Waals surface area contributed by atoms with Crippen molar-refractivity contribution in [3.05, 3.63) is 53.6 Å². The molecule has 6 nitrogen and oxygen atoms in total. The molecule has 4 rings (SSSR count). The summed E-state index contributed by atoms with van der Waals surface area (Å²) in [5, 5.41) is 14.4. The van der Waals surface area contributed by atoms with Gasteiger partial charge < -0.3 is 10.0 Å². The molecule has 1 saturated heterocycles. The molecule has 140 valence electrons. The van der Waals surface area contributed by atoms with Gasteiger partial charge in [-0.25, -0.2) is 14.6 Å².